The van der Waals surface area contributed by atoms with Crippen molar-refractivity contribution < 1.29 is 0 Å². The smallest absolute Gasteiger partial charge is 0.107 e. The van der Waals surface area contributed by atoms with E-state index >= 15 is 0 Å². The molecular formula is C15H19BrN4. The first kappa shape index (κ1) is 13.8. The predicted octanol–water partition coefficient (Wildman–Crippen LogP) is 2.29. The quantitative estimate of drug-likeness (QED) is 0.901. The molecule has 0 radical (unpaired) electrons. The van der Waals surface area contributed by atoms with E-state index in [1.807, 2.05) is 6.20 Å². The minimum absolute atomic E-state index is 0.983. The molecule has 0 amide bonds. The zero-order chi connectivity index (χ0) is 13.8. The molecule has 1 fully saturated rings. The van der Waals surface area contributed by atoms with E-state index in [2.05, 4.69) is 60.4 Å². The molecule has 0 saturated carbocycles. The van der Waals surface area contributed by atoms with Crippen molar-refractivity contribution in [1.29, 1.82) is 0 Å². The second-order valence-corrected chi connectivity index (χ2v) is 6.01. The molecule has 1 aliphatic rings. The van der Waals surface area contributed by atoms with E-state index in [1.54, 1.807) is 0 Å². The molecule has 1 saturated heterocycles. The van der Waals surface area contributed by atoms with E-state index in [1.165, 1.54) is 5.56 Å². The Labute approximate surface area is 127 Å². The van der Waals surface area contributed by atoms with Crippen molar-refractivity contribution in [1.82, 2.24) is 20.2 Å². The topological polar surface area (TPSA) is 44.0 Å². The monoisotopic (exact) mass is 334 g/mol. The summed E-state index contributed by atoms with van der Waals surface area (Å²) < 4.78 is 1.10. The van der Waals surface area contributed by atoms with Crippen LogP contribution in [-0.4, -0.2) is 47.6 Å². The van der Waals surface area contributed by atoms with E-state index in [0.29, 0.717) is 0 Å². The van der Waals surface area contributed by atoms with Gasteiger partial charge in [-0.15, -0.1) is 0 Å². The molecule has 106 valence electrons. The fraction of sp³-hybridized carbons (Fsp3) is 0.400. The van der Waals surface area contributed by atoms with Gasteiger partial charge in [-0.3, -0.25) is 0 Å². The molecule has 5 heteroatoms. The average molecular weight is 335 g/mol. The van der Waals surface area contributed by atoms with Crippen LogP contribution in [0.5, 0.6) is 0 Å². The Kier molecular flexibility index (Phi) is 4.50. The summed E-state index contributed by atoms with van der Waals surface area (Å²) >= 11 is 3.46. The molecule has 0 atom stereocenters. The van der Waals surface area contributed by atoms with E-state index in [-0.39, 0.29) is 0 Å². The molecule has 0 unspecified atom stereocenters. The van der Waals surface area contributed by atoms with Crippen molar-refractivity contribution in [2.24, 2.45) is 0 Å². The van der Waals surface area contributed by atoms with Crippen LogP contribution >= 0.6 is 15.9 Å². The number of aromatic nitrogens is 2. The van der Waals surface area contributed by atoms with Crippen LogP contribution in [0.3, 0.4) is 0 Å². The van der Waals surface area contributed by atoms with Crippen LogP contribution < -0.4 is 5.32 Å². The first-order chi connectivity index (χ1) is 9.81. The first-order valence-electron chi connectivity index (χ1n) is 7.04. The Hall–Kier alpha value is -1.17. The number of benzene rings is 1. The minimum Gasteiger partial charge on any atom is -0.342 e. The zero-order valence-electron chi connectivity index (χ0n) is 11.4. The lowest BCUT2D eigenvalue weighted by Gasteiger charge is -2.26. The van der Waals surface area contributed by atoms with E-state index in [9.17, 15) is 0 Å². The minimum atomic E-state index is 0.983. The van der Waals surface area contributed by atoms with Gasteiger partial charge in [0.1, 0.15) is 5.82 Å². The zero-order valence-corrected chi connectivity index (χ0v) is 13.0. The Morgan fingerprint density at radius 2 is 1.90 bits per heavy atom. The third-order valence-electron chi connectivity index (χ3n) is 3.66. The van der Waals surface area contributed by atoms with Gasteiger partial charge in [0.2, 0.25) is 0 Å². The van der Waals surface area contributed by atoms with Crippen molar-refractivity contribution in [3.8, 4) is 11.3 Å². The summed E-state index contributed by atoms with van der Waals surface area (Å²) in [7, 11) is 0. The highest BCUT2D eigenvalue weighted by atomic mass is 79.9. The summed E-state index contributed by atoms with van der Waals surface area (Å²) in [4.78, 5) is 10.4. The van der Waals surface area contributed by atoms with Gasteiger partial charge in [0.05, 0.1) is 11.9 Å². The van der Waals surface area contributed by atoms with Crippen LogP contribution in [0.15, 0.2) is 34.9 Å². The van der Waals surface area contributed by atoms with Gasteiger partial charge in [-0.05, 0) is 17.7 Å². The molecule has 2 aromatic rings. The molecule has 3 rings (SSSR count). The summed E-state index contributed by atoms with van der Waals surface area (Å²) in [6, 6.07) is 8.29. The number of halogens is 1. The largest absolute Gasteiger partial charge is 0.342 e. The second kappa shape index (κ2) is 6.52. The highest BCUT2D eigenvalue weighted by Crippen LogP contribution is 2.20. The maximum Gasteiger partial charge on any atom is 0.107 e. The number of hydrogen-bond acceptors (Lipinski definition) is 3. The summed E-state index contributed by atoms with van der Waals surface area (Å²) in [5.41, 5.74) is 2.27. The lowest BCUT2D eigenvalue weighted by Crippen LogP contribution is -2.44. The van der Waals surface area contributed by atoms with Crippen molar-refractivity contribution >= 4 is 15.9 Å². The molecule has 1 aromatic heterocycles. The fourth-order valence-corrected chi connectivity index (χ4v) is 2.73. The molecule has 1 aliphatic heterocycles. The van der Waals surface area contributed by atoms with Crippen LogP contribution in [0.4, 0.5) is 0 Å². The van der Waals surface area contributed by atoms with Gasteiger partial charge < -0.3 is 15.2 Å². The van der Waals surface area contributed by atoms with Gasteiger partial charge in [0.25, 0.3) is 0 Å². The molecule has 0 spiro atoms. The molecule has 20 heavy (non-hydrogen) atoms. The number of piperazine rings is 1. The summed E-state index contributed by atoms with van der Waals surface area (Å²) in [6.45, 7) is 5.56. The maximum absolute atomic E-state index is 4.49. The average Bonchev–Trinajstić information content (AvgIpc) is 2.96. The first-order valence-corrected chi connectivity index (χ1v) is 7.83. The van der Waals surface area contributed by atoms with Gasteiger partial charge in [0.15, 0.2) is 0 Å². The highest BCUT2D eigenvalue weighted by molar-refractivity contribution is 9.10. The SMILES string of the molecule is Brc1ccc(-c2cnc(CCN3CCNCC3)[nH]2)cc1. The normalized spacial score (nSPS) is 16.4. The van der Waals surface area contributed by atoms with Gasteiger partial charge in [-0.25, -0.2) is 4.98 Å². The number of H-pyrrole nitrogens is 1. The molecular weight excluding hydrogens is 316 g/mol. The van der Waals surface area contributed by atoms with Crippen LogP contribution in [-0.2, 0) is 6.42 Å². The molecule has 0 aliphatic carbocycles. The molecule has 4 nitrogen and oxygen atoms in total. The van der Waals surface area contributed by atoms with Gasteiger partial charge in [-0.1, -0.05) is 28.1 Å². The van der Waals surface area contributed by atoms with Crippen LogP contribution in [0.25, 0.3) is 11.3 Å². The predicted molar refractivity (Wildman–Crippen MR) is 84.7 cm³/mol. The van der Waals surface area contributed by atoms with Crippen molar-refractivity contribution in [3.63, 3.8) is 0 Å². The Bertz CT molecular complexity index is 543. The van der Waals surface area contributed by atoms with Crippen LogP contribution in [0, 0.1) is 0 Å². The number of hydrogen-bond donors (Lipinski definition) is 2. The van der Waals surface area contributed by atoms with Crippen molar-refractivity contribution in [3.05, 3.63) is 40.8 Å². The Morgan fingerprint density at radius 3 is 2.65 bits per heavy atom. The molecule has 1 aromatic carbocycles. The maximum atomic E-state index is 4.49. The van der Waals surface area contributed by atoms with Crippen molar-refractivity contribution in [2.45, 2.75) is 6.42 Å². The van der Waals surface area contributed by atoms with E-state index in [4.69, 9.17) is 0 Å². The van der Waals surface area contributed by atoms with Gasteiger partial charge in [0, 0.05) is 43.6 Å². The number of nitrogens with zero attached hydrogens (tertiary/aromatic N) is 2. The third kappa shape index (κ3) is 3.48. The molecule has 2 heterocycles. The number of rotatable bonds is 4. The summed E-state index contributed by atoms with van der Waals surface area (Å²) in [5, 5.41) is 3.37. The fourth-order valence-electron chi connectivity index (χ4n) is 2.46. The van der Waals surface area contributed by atoms with Gasteiger partial charge in [-0.2, -0.15) is 0 Å². The molecule has 0 bridgehead atoms. The van der Waals surface area contributed by atoms with Crippen LogP contribution in [0.2, 0.25) is 0 Å². The number of imidazole rings is 1. The van der Waals surface area contributed by atoms with E-state index < -0.39 is 0 Å². The van der Waals surface area contributed by atoms with Crippen molar-refractivity contribution in [2.75, 3.05) is 32.7 Å². The lowest BCUT2D eigenvalue weighted by atomic mass is 10.2. The number of nitrogens with one attached hydrogen (secondary N) is 2. The summed E-state index contributed by atoms with van der Waals surface area (Å²) in [6.07, 6.45) is 2.91. The molecule has 2 N–H and O–H groups in total. The standard InChI is InChI=1S/C15H19BrN4/c16-13-3-1-12(2-4-13)14-11-18-15(19-14)5-8-20-9-6-17-7-10-20/h1-4,11,17H,5-10H2,(H,18,19). The lowest BCUT2D eigenvalue weighted by molar-refractivity contribution is 0.242. The Balaban J connectivity index is 1.60. The van der Waals surface area contributed by atoms with E-state index in [0.717, 1.165) is 55.1 Å². The third-order valence-corrected chi connectivity index (χ3v) is 4.19. The Morgan fingerprint density at radius 1 is 1.15 bits per heavy atom. The second-order valence-electron chi connectivity index (χ2n) is 5.09. The highest BCUT2D eigenvalue weighted by Gasteiger charge is 2.10. The summed E-state index contributed by atoms with van der Waals surface area (Å²) in [5.74, 6) is 1.07. The van der Waals surface area contributed by atoms with Gasteiger partial charge >= 0.3 is 0 Å². The number of aromatic amines is 1. The van der Waals surface area contributed by atoms with Crippen LogP contribution in [0.1, 0.15) is 5.82 Å².